The van der Waals surface area contributed by atoms with Crippen molar-refractivity contribution in [2.24, 2.45) is 0 Å². The van der Waals surface area contributed by atoms with Gasteiger partial charge in [-0.2, -0.15) is 22.1 Å². The summed E-state index contributed by atoms with van der Waals surface area (Å²) in [5, 5.41) is 4.70. The molecule has 3 heterocycles. The summed E-state index contributed by atoms with van der Waals surface area (Å²) in [7, 11) is 1.80. The van der Waals surface area contributed by atoms with E-state index in [0.29, 0.717) is 13.1 Å². The van der Waals surface area contributed by atoms with Gasteiger partial charge in [0, 0.05) is 59.2 Å². The van der Waals surface area contributed by atoms with Crippen molar-refractivity contribution >= 4 is 10.2 Å². The monoisotopic (exact) mass is 395 g/mol. The van der Waals surface area contributed by atoms with E-state index in [2.05, 4.69) is 21.5 Å². The summed E-state index contributed by atoms with van der Waals surface area (Å²) >= 11 is 0. The second kappa shape index (κ2) is 8.09. The van der Waals surface area contributed by atoms with Crippen molar-refractivity contribution in [3.63, 3.8) is 0 Å². The topological polar surface area (TPSA) is 79.5 Å². The number of likely N-dealkylation sites (N-methyl/N-ethyl adjacent to an activating group) is 1. The Balaban J connectivity index is 1.64. The van der Waals surface area contributed by atoms with Crippen molar-refractivity contribution in [2.45, 2.75) is 39.5 Å². The third kappa shape index (κ3) is 4.57. The number of nitrogens with zero attached hydrogens (tertiary/aromatic N) is 7. The van der Waals surface area contributed by atoms with Crippen LogP contribution in [0.3, 0.4) is 0 Å². The molecule has 0 aromatic carbocycles. The zero-order valence-electron chi connectivity index (χ0n) is 16.5. The minimum atomic E-state index is -3.41. The van der Waals surface area contributed by atoms with Crippen LogP contribution in [0, 0.1) is 6.92 Å². The van der Waals surface area contributed by atoms with E-state index in [1.807, 2.05) is 30.1 Å². The van der Waals surface area contributed by atoms with Gasteiger partial charge in [0.1, 0.15) is 5.82 Å². The SMILES string of the molecule is Cc1nccn1CCN(C)Cc1cc2n(n1)CCCN(S(=O)(=O)N(C)C)C2. The van der Waals surface area contributed by atoms with E-state index in [0.717, 1.165) is 49.8 Å². The first kappa shape index (κ1) is 20.0. The molecule has 27 heavy (non-hydrogen) atoms. The van der Waals surface area contributed by atoms with Crippen LogP contribution < -0.4 is 0 Å². The van der Waals surface area contributed by atoms with Crippen LogP contribution in [0.15, 0.2) is 18.5 Å². The molecule has 2 aromatic heterocycles. The summed E-state index contributed by atoms with van der Waals surface area (Å²) in [5.41, 5.74) is 1.92. The highest BCUT2D eigenvalue weighted by Gasteiger charge is 2.28. The minimum Gasteiger partial charge on any atom is -0.334 e. The number of aromatic nitrogens is 4. The van der Waals surface area contributed by atoms with Gasteiger partial charge in [-0.15, -0.1) is 0 Å². The van der Waals surface area contributed by atoms with Crippen LogP contribution in [-0.4, -0.2) is 75.5 Å². The van der Waals surface area contributed by atoms with Crippen LogP contribution in [0.25, 0.3) is 0 Å². The molecule has 0 aliphatic carbocycles. The Bertz CT molecular complexity index is 872. The molecule has 2 aromatic rings. The Hall–Kier alpha value is -1.75. The van der Waals surface area contributed by atoms with E-state index in [-0.39, 0.29) is 0 Å². The fraction of sp³-hybridized carbons (Fsp3) is 0.647. The first-order chi connectivity index (χ1) is 12.8. The number of hydrogen-bond donors (Lipinski definition) is 0. The summed E-state index contributed by atoms with van der Waals surface area (Å²) in [6.45, 7) is 6.13. The van der Waals surface area contributed by atoms with Gasteiger partial charge in [-0.1, -0.05) is 0 Å². The maximum absolute atomic E-state index is 12.5. The third-order valence-electron chi connectivity index (χ3n) is 4.90. The number of rotatable bonds is 7. The van der Waals surface area contributed by atoms with Gasteiger partial charge >= 0.3 is 0 Å². The maximum Gasteiger partial charge on any atom is 0.281 e. The third-order valence-corrected chi connectivity index (χ3v) is 6.78. The first-order valence-electron chi connectivity index (χ1n) is 9.17. The fourth-order valence-electron chi connectivity index (χ4n) is 3.27. The summed E-state index contributed by atoms with van der Waals surface area (Å²) < 4.78 is 31.8. The molecule has 0 saturated carbocycles. The molecular weight excluding hydrogens is 366 g/mol. The van der Waals surface area contributed by atoms with E-state index in [9.17, 15) is 8.42 Å². The predicted molar refractivity (Wildman–Crippen MR) is 103 cm³/mol. The van der Waals surface area contributed by atoms with Crippen LogP contribution in [0.5, 0.6) is 0 Å². The maximum atomic E-state index is 12.5. The number of imidazole rings is 1. The van der Waals surface area contributed by atoms with Gasteiger partial charge in [0.05, 0.1) is 17.9 Å². The normalized spacial score (nSPS) is 16.1. The lowest BCUT2D eigenvalue weighted by Crippen LogP contribution is -2.39. The van der Waals surface area contributed by atoms with E-state index < -0.39 is 10.2 Å². The lowest BCUT2D eigenvalue weighted by atomic mass is 10.3. The lowest BCUT2D eigenvalue weighted by Gasteiger charge is -2.23. The molecule has 1 aliphatic rings. The molecular formula is C17H29N7O2S. The largest absolute Gasteiger partial charge is 0.334 e. The zero-order valence-corrected chi connectivity index (χ0v) is 17.4. The molecule has 0 spiro atoms. The van der Waals surface area contributed by atoms with Crippen LogP contribution >= 0.6 is 0 Å². The van der Waals surface area contributed by atoms with Crippen molar-refractivity contribution in [1.29, 1.82) is 0 Å². The molecule has 0 radical (unpaired) electrons. The van der Waals surface area contributed by atoms with Gasteiger partial charge in [0.2, 0.25) is 0 Å². The number of aryl methyl sites for hydroxylation is 2. The van der Waals surface area contributed by atoms with Crippen molar-refractivity contribution in [2.75, 3.05) is 34.2 Å². The highest BCUT2D eigenvalue weighted by molar-refractivity contribution is 7.86. The summed E-state index contributed by atoms with van der Waals surface area (Å²) in [4.78, 5) is 6.46. The Morgan fingerprint density at radius 1 is 1.22 bits per heavy atom. The standard InChI is InChI=1S/C17H29N7O2S/c1-15-18-6-9-22(15)11-10-21(4)13-16-12-17-14-23(27(25,26)20(2)3)7-5-8-24(17)19-16/h6,9,12H,5,7-8,10-11,13-14H2,1-4H3. The molecule has 0 amide bonds. The Kier molecular flexibility index (Phi) is 5.99. The van der Waals surface area contributed by atoms with Crippen molar-refractivity contribution in [3.05, 3.63) is 35.7 Å². The molecule has 0 bridgehead atoms. The van der Waals surface area contributed by atoms with E-state index in [4.69, 9.17) is 5.10 Å². The Labute approximate surface area is 161 Å². The summed E-state index contributed by atoms with van der Waals surface area (Å²) in [6.07, 6.45) is 4.56. The van der Waals surface area contributed by atoms with Crippen LogP contribution in [0.1, 0.15) is 23.6 Å². The van der Waals surface area contributed by atoms with Crippen LogP contribution in [0.4, 0.5) is 0 Å². The van der Waals surface area contributed by atoms with Crippen LogP contribution in [-0.2, 0) is 36.4 Å². The van der Waals surface area contributed by atoms with Gasteiger partial charge in [-0.05, 0) is 26.5 Å². The first-order valence-corrected chi connectivity index (χ1v) is 10.6. The Morgan fingerprint density at radius 2 is 2.00 bits per heavy atom. The quantitative estimate of drug-likeness (QED) is 0.683. The van der Waals surface area contributed by atoms with E-state index in [1.54, 1.807) is 14.1 Å². The van der Waals surface area contributed by atoms with Crippen LogP contribution in [0.2, 0.25) is 0 Å². The highest BCUT2D eigenvalue weighted by atomic mass is 32.2. The molecule has 0 atom stereocenters. The average Bonchev–Trinajstić information content (AvgIpc) is 3.12. The zero-order chi connectivity index (χ0) is 19.6. The molecule has 0 N–H and O–H groups in total. The van der Waals surface area contributed by atoms with Gasteiger partial charge in [0.15, 0.2) is 0 Å². The summed E-state index contributed by atoms with van der Waals surface area (Å²) in [5.74, 6) is 1.01. The number of fused-ring (bicyclic) bond motifs is 1. The number of hydrogen-bond acceptors (Lipinski definition) is 5. The summed E-state index contributed by atoms with van der Waals surface area (Å²) in [6, 6.07) is 2.03. The fourth-order valence-corrected chi connectivity index (χ4v) is 4.39. The molecule has 0 saturated heterocycles. The second-order valence-electron chi connectivity index (χ2n) is 7.23. The second-order valence-corrected chi connectivity index (χ2v) is 9.38. The molecule has 3 rings (SSSR count). The Morgan fingerprint density at radius 3 is 2.67 bits per heavy atom. The minimum absolute atomic E-state index is 0.367. The molecule has 150 valence electrons. The van der Waals surface area contributed by atoms with Crippen molar-refractivity contribution < 1.29 is 8.42 Å². The highest BCUT2D eigenvalue weighted by Crippen LogP contribution is 2.18. The molecule has 9 nitrogen and oxygen atoms in total. The van der Waals surface area contributed by atoms with Crippen molar-refractivity contribution in [1.82, 2.24) is 32.8 Å². The van der Waals surface area contributed by atoms with Gasteiger partial charge < -0.3 is 4.57 Å². The molecule has 0 fully saturated rings. The van der Waals surface area contributed by atoms with Crippen molar-refractivity contribution in [3.8, 4) is 0 Å². The van der Waals surface area contributed by atoms with E-state index >= 15 is 0 Å². The molecule has 1 aliphatic heterocycles. The average molecular weight is 396 g/mol. The predicted octanol–water partition coefficient (Wildman–Crippen LogP) is 0.532. The van der Waals surface area contributed by atoms with Gasteiger partial charge in [0.25, 0.3) is 10.2 Å². The van der Waals surface area contributed by atoms with E-state index in [1.165, 1.54) is 8.61 Å². The molecule has 10 heteroatoms. The smallest absolute Gasteiger partial charge is 0.281 e. The lowest BCUT2D eigenvalue weighted by molar-refractivity contribution is 0.305. The van der Waals surface area contributed by atoms with Gasteiger partial charge in [-0.25, -0.2) is 4.98 Å². The van der Waals surface area contributed by atoms with Gasteiger partial charge in [-0.3, -0.25) is 9.58 Å². The molecule has 0 unspecified atom stereocenters.